The summed E-state index contributed by atoms with van der Waals surface area (Å²) in [7, 11) is -5.99. The van der Waals surface area contributed by atoms with Gasteiger partial charge in [0.15, 0.2) is 16.1 Å². The molecule has 0 amide bonds. The monoisotopic (exact) mass is 1920 g/mol. The van der Waals surface area contributed by atoms with Gasteiger partial charge < -0.3 is 19.6 Å². The molecule has 32 rings (SSSR count). The molecular formula is C120H72B4N4S8Si2. The Kier molecular flexibility index (Phi) is 17.9. The van der Waals surface area contributed by atoms with E-state index in [1.165, 1.54) is 254 Å². The van der Waals surface area contributed by atoms with Crippen molar-refractivity contribution in [2.45, 2.75) is 78.3 Å². The third kappa shape index (κ3) is 11.3. The Labute approximate surface area is 839 Å². The van der Waals surface area contributed by atoms with Gasteiger partial charge in [-0.1, -0.05) is 417 Å². The van der Waals surface area contributed by atoms with Crippen molar-refractivity contribution in [1.29, 1.82) is 0 Å². The number of hydrogen-bond acceptors (Lipinski definition) is 12. The summed E-state index contributed by atoms with van der Waals surface area (Å²) < 4.78 is 0. The molecule has 20 aromatic carbocycles. The van der Waals surface area contributed by atoms with Gasteiger partial charge in [-0.2, -0.15) is 0 Å². The van der Waals surface area contributed by atoms with Crippen LogP contribution in [0.4, 0.5) is 68.2 Å². The van der Waals surface area contributed by atoms with Gasteiger partial charge in [0.1, 0.15) is 0 Å². The molecule has 12 heterocycles. The van der Waals surface area contributed by atoms with Crippen molar-refractivity contribution in [1.82, 2.24) is 0 Å². The number of fused-ring (bicyclic) bond motifs is 32. The molecule has 0 atom stereocenters. The van der Waals surface area contributed by atoms with Crippen molar-refractivity contribution in [3.8, 4) is 0 Å². The van der Waals surface area contributed by atoms with Crippen molar-refractivity contribution in [3.63, 3.8) is 0 Å². The normalized spacial score (nSPS) is 15.3. The molecule has 12 aliphatic rings. The van der Waals surface area contributed by atoms with Gasteiger partial charge in [-0.15, -0.1) is 0 Å². The minimum absolute atomic E-state index is 0.175. The average molecular weight is 1930 g/mol. The quantitative estimate of drug-likeness (QED) is 0.156. The molecule has 0 fully saturated rings. The van der Waals surface area contributed by atoms with Gasteiger partial charge in [0, 0.05) is 147 Å². The molecule has 138 heavy (non-hydrogen) atoms. The molecular weight excluding hydrogens is 1850 g/mol. The third-order valence-corrected chi connectivity index (χ3v) is 49.6. The van der Waals surface area contributed by atoms with E-state index in [2.05, 4.69) is 456 Å². The summed E-state index contributed by atoms with van der Waals surface area (Å²) in [4.78, 5) is 32.0. The van der Waals surface area contributed by atoms with E-state index in [4.69, 9.17) is 0 Å². The van der Waals surface area contributed by atoms with E-state index in [9.17, 15) is 0 Å². The van der Waals surface area contributed by atoms with Crippen LogP contribution in [0.3, 0.4) is 0 Å². The fourth-order valence-corrected chi connectivity index (χ4v) is 46.0. The molecule has 0 aliphatic carbocycles. The first-order chi connectivity index (χ1) is 68.4. The maximum absolute atomic E-state index is 3.00. The van der Waals surface area contributed by atoms with Crippen LogP contribution in [0.25, 0.3) is 0 Å². The highest BCUT2D eigenvalue weighted by molar-refractivity contribution is 8.03. The molecule has 0 unspecified atom stereocenters. The van der Waals surface area contributed by atoms with Gasteiger partial charge in [-0.3, -0.25) is 0 Å². The SMILES string of the molecule is c1ccc2c(c1)Sc1cc(N3c4ccccc4[Si]4(c5ccccc53)c3ccccc3N(c3cc5c6c(c3)Sc3ccccc3B6c3ccccc3S5)c3ccccc34)cc3c1B2c1ccccc1S3.c1ccc2c(c1)Sc1cc(N3c4ccccc4[Si]4(c5ccccc53)c3ccccc3N(c3ccc5c(c3)B3c6ccccc6Sc6cccc(c63)S5)c3ccccc34)cc3c1B2c1ccccc1S3. The van der Waals surface area contributed by atoms with E-state index < -0.39 is 16.1 Å². The van der Waals surface area contributed by atoms with Gasteiger partial charge in [0.2, 0.25) is 26.9 Å². The summed E-state index contributed by atoms with van der Waals surface area (Å²) in [6, 6.07) is 168. The predicted octanol–water partition coefficient (Wildman–Crippen LogP) is 19.0. The third-order valence-electron chi connectivity index (χ3n) is 30.5. The highest BCUT2D eigenvalue weighted by atomic mass is 32.2. The van der Waals surface area contributed by atoms with Crippen molar-refractivity contribution in [3.05, 3.63) is 437 Å². The first-order valence-electron chi connectivity index (χ1n) is 47.3. The second kappa shape index (κ2) is 30.8. The standard InChI is InChI=1S/2C60H36B2N2S4Si/c1-9-25-47-39(17-1)61-40-18-2-10-26-48(40)66-52-34-37(33-51(65-47)59(52)61)63-43-21-5-13-29-55(43)69(56-30-14-6-22-44(56)63)57-31-15-7-23-45(57)64(46-24-8-16-32-58(46)69)38-35-53-60-54(36-38)68-50-28-12-4-20-42(50)62(60)41-19-3-11-27-49(41)67-53;1-9-24-48-39(16-1)61-40-17-2-10-25-49(40)68-54-36-38(35-53(67-48)60(54)61)64-45-21-6-13-30-57(45)69(58-31-14-7-22-46(58)64)55-28-11-4-19-43(55)63(44-20-5-12-29-56(44)69)37-32-33-50-42(34-37)62-41-18-3-8-23-47(41)65-51-26-15-27-52(66-50)59(51)62/h2*1-36H. The van der Waals surface area contributed by atoms with E-state index in [-0.39, 0.29) is 26.9 Å². The van der Waals surface area contributed by atoms with Crippen LogP contribution in [0.2, 0.25) is 0 Å². The number of para-hydroxylation sites is 8. The van der Waals surface area contributed by atoms with Crippen molar-refractivity contribution >= 4 is 312 Å². The second-order valence-electron chi connectivity index (χ2n) is 37.2. The Morgan fingerprint density at radius 3 is 0.551 bits per heavy atom. The Bertz CT molecular complexity index is 8120. The van der Waals surface area contributed by atoms with E-state index in [0.717, 1.165) is 0 Å². The lowest BCUT2D eigenvalue weighted by Gasteiger charge is -2.50. The van der Waals surface area contributed by atoms with E-state index in [0.29, 0.717) is 0 Å². The Balaban J connectivity index is 0.000000128. The number of anilines is 12. The zero-order chi connectivity index (χ0) is 89.9. The van der Waals surface area contributed by atoms with Crippen LogP contribution in [-0.4, -0.2) is 43.0 Å². The Morgan fingerprint density at radius 1 is 0.138 bits per heavy atom. The lowest BCUT2D eigenvalue weighted by atomic mass is 9.36. The summed E-state index contributed by atoms with van der Waals surface area (Å²) in [5.74, 6) is 0. The largest absolute Gasteiger partial charge is 0.311 e. The van der Waals surface area contributed by atoms with Crippen LogP contribution in [0.1, 0.15) is 0 Å². The summed E-state index contributed by atoms with van der Waals surface area (Å²) in [6.07, 6.45) is 0. The molecule has 4 nitrogen and oxygen atoms in total. The Morgan fingerprint density at radius 2 is 0.312 bits per heavy atom. The maximum atomic E-state index is 2.60. The van der Waals surface area contributed by atoms with E-state index in [1.54, 1.807) is 0 Å². The number of hydrogen-bond donors (Lipinski definition) is 0. The molecule has 0 N–H and O–H groups in total. The fraction of sp³-hybridized carbons (Fsp3) is 0. The minimum Gasteiger partial charge on any atom is -0.311 e. The van der Waals surface area contributed by atoms with Gasteiger partial charge in [0.05, 0.1) is 0 Å². The molecule has 18 heteroatoms. The first kappa shape index (κ1) is 80.1. The highest BCUT2D eigenvalue weighted by Gasteiger charge is 2.58. The number of nitrogens with zero attached hydrogens (tertiary/aromatic N) is 4. The van der Waals surface area contributed by atoms with Gasteiger partial charge in [-0.05, 0) is 221 Å². The molecule has 0 saturated carbocycles. The van der Waals surface area contributed by atoms with Crippen LogP contribution in [0.5, 0.6) is 0 Å². The van der Waals surface area contributed by atoms with Gasteiger partial charge in [-0.25, -0.2) is 0 Å². The molecule has 0 radical (unpaired) electrons. The van der Waals surface area contributed by atoms with Crippen LogP contribution < -0.4 is 127 Å². The van der Waals surface area contributed by atoms with Crippen LogP contribution in [0, 0.1) is 0 Å². The smallest absolute Gasteiger partial charge is 0.247 e. The fourth-order valence-electron chi connectivity index (χ4n) is 25.3. The second-order valence-corrected chi connectivity index (χ2v) is 53.2. The predicted molar refractivity (Wildman–Crippen MR) is 596 cm³/mol. The summed E-state index contributed by atoms with van der Waals surface area (Å²) in [5, 5.41) is 11.4. The lowest BCUT2D eigenvalue weighted by Crippen LogP contribution is -2.79. The highest BCUT2D eigenvalue weighted by Crippen LogP contribution is 2.54. The maximum Gasteiger partial charge on any atom is 0.247 e. The minimum atomic E-state index is -3.00. The topological polar surface area (TPSA) is 13.0 Å². The molecule has 0 saturated heterocycles. The molecule has 0 bridgehead atoms. The first-order valence-corrected chi connectivity index (χ1v) is 57.8. The molecule has 12 aliphatic heterocycles. The molecule has 2 spiro atoms. The zero-order valence-corrected chi connectivity index (χ0v) is 82.5. The molecule has 20 aromatic rings. The van der Waals surface area contributed by atoms with Crippen LogP contribution in [-0.2, 0) is 0 Å². The Hall–Kier alpha value is -12.9. The number of rotatable bonds is 4. The van der Waals surface area contributed by atoms with Crippen molar-refractivity contribution < 1.29 is 0 Å². The number of benzene rings is 20. The van der Waals surface area contributed by atoms with Crippen LogP contribution in [0.15, 0.2) is 515 Å². The van der Waals surface area contributed by atoms with E-state index in [1.807, 2.05) is 94.1 Å². The summed E-state index contributed by atoms with van der Waals surface area (Å²) in [5.41, 5.74) is 32.0. The van der Waals surface area contributed by atoms with Crippen molar-refractivity contribution in [2.75, 3.05) is 19.6 Å². The summed E-state index contributed by atoms with van der Waals surface area (Å²) >= 11 is 15.5. The molecule has 640 valence electrons. The van der Waals surface area contributed by atoms with Crippen molar-refractivity contribution in [2.24, 2.45) is 0 Å². The van der Waals surface area contributed by atoms with Crippen LogP contribution >= 0.6 is 94.1 Å². The zero-order valence-electron chi connectivity index (χ0n) is 73.9. The molecule has 0 aromatic heterocycles. The average Bonchev–Trinajstić information content (AvgIpc) is 0.672. The summed E-state index contributed by atoms with van der Waals surface area (Å²) in [6.45, 7) is 0.823. The van der Waals surface area contributed by atoms with Gasteiger partial charge in [0.25, 0.3) is 0 Å². The van der Waals surface area contributed by atoms with Gasteiger partial charge >= 0.3 is 0 Å². The lowest BCUT2D eigenvalue weighted by molar-refractivity contribution is 1.23. The van der Waals surface area contributed by atoms with E-state index >= 15 is 0 Å².